The Morgan fingerprint density at radius 2 is 1.87 bits per heavy atom. The van der Waals surface area contributed by atoms with Crippen LogP contribution in [0.25, 0.3) is 0 Å². The summed E-state index contributed by atoms with van der Waals surface area (Å²) in [4.78, 5) is 24.5. The maximum absolute atomic E-state index is 13.7. The first-order valence-electron chi connectivity index (χ1n) is 12.0. The summed E-state index contributed by atoms with van der Waals surface area (Å²) in [7, 11) is -2.36. The van der Waals surface area contributed by atoms with Gasteiger partial charge in [-0.1, -0.05) is 6.07 Å². The molecular weight excluding hydrogens is 537 g/mol. The summed E-state index contributed by atoms with van der Waals surface area (Å²) in [6.07, 6.45) is -0.557. The Morgan fingerprint density at radius 3 is 2.49 bits per heavy atom. The van der Waals surface area contributed by atoms with E-state index in [1.165, 1.54) is 19.3 Å². The van der Waals surface area contributed by atoms with Crippen LogP contribution < -0.4 is 14.9 Å². The summed E-state index contributed by atoms with van der Waals surface area (Å²) in [6, 6.07) is 9.46. The molecule has 2 aromatic heterocycles. The van der Waals surface area contributed by atoms with Crippen molar-refractivity contribution in [1.29, 1.82) is 0 Å². The molecular formula is C25H27F3N6O4S. The number of carbonyl (C=O) groups excluding carboxylic acids is 1. The molecule has 1 fully saturated rings. The zero-order valence-corrected chi connectivity index (χ0v) is 21.9. The molecule has 0 bridgehead atoms. The number of benzene rings is 1. The third-order valence-electron chi connectivity index (χ3n) is 6.40. The number of hydrogen-bond donors (Lipinski definition) is 3. The quantitative estimate of drug-likeness (QED) is 0.330. The number of rotatable bonds is 9. The Balaban J connectivity index is 1.53. The van der Waals surface area contributed by atoms with Gasteiger partial charge in [-0.15, -0.1) is 0 Å². The third kappa shape index (κ3) is 6.81. The van der Waals surface area contributed by atoms with Crippen LogP contribution in [-0.4, -0.2) is 53.7 Å². The van der Waals surface area contributed by atoms with Crippen molar-refractivity contribution >= 4 is 39.1 Å². The van der Waals surface area contributed by atoms with Crippen LogP contribution in [0, 0.1) is 5.92 Å². The Labute approximate surface area is 223 Å². The van der Waals surface area contributed by atoms with Crippen LogP contribution >= 0.6 is 0 Å². The van der Waals surface area contributed by atoms with Crippen LogP contribution in [0.5, 0.6) is 0 Å². The number of aliphatic hydroxyl groups is 1. The molecule has 1 unspecified atom stereocenters. The number of Topliss-reactive ketones (excluding diaryl/α,β-unsaturated/α-hetero) is 1. The number of aliphatic hydroxyl groups excluding tert-OH is 1. The maximum atomic E-state index is 13.7. The molecule has 208 valence electrons. The second kappa shape index (κ2) is 11.1. The summed E-state index contributed by atoms with van der Waals surface area (Å²) in [5, 5.41) is 15.2. The van der Waals surface area contributed by atoms with Gasteiger partial charge in [-0.2, -0.15) is 18.2 Å². The third-order valence-corrected chi connectivity index (χ3v) is 7.57. The highest BCUT2D eigenvalue weighted by molar-refractivity contribution is 7.92. The lowest BCUT2D eigenvalue weighted by atomic mass is 9.96. The number of nitrogens with zero attached hydrogens (tertiary/aromatic N) is 4. The second-order valence-corrected chi connectivity index (χ2v) is 11.3. The number of carbonyl (C=O) groups is 1. The number of aromatic nitrogens is 3. The Bertz CT molecular complexity index is 1450. The topological polar surface area (TPSA) is 137 Å². The van der Waals surface area contributed by atoms with Crippen molar-refractivity contribution in [3.05, 3.63) is 65.5 Å². The molecule has 0 saturated heterocycles. The van der Waals surface area contributed by atoms with Gasteiger partial charge in [0.05, 0.1) is 12.4 Å². The average molecular weight is 565 g/mol. The highest BCUT2D eigenvalue weighted by Crippen LogP contribution is 2.35. The van der Waals surface area contributed by atoms with Crippen molar-refractivity contribution in [3.63, 3.8) is 0 Å². The molecule has 3 N–H and O–H groups in total. The molecule has 0 aliphatic heterocycles. The monoisotopic (exact) mass is 564 g/mol. The van der Waals surface area contributed by atoms with E-state index in [2.05, 4.69) is 25.6 Å². The molecule has 0 radical (unpaired) electrons. The van der Waals surface area contributed by atoms with Crippen LogP contribution in [0.15, 0.2) is 48.8 Å². The average Bonchev–Trinajstić information content (AvgIpc) is 3.32. The number of ketones is 1. The minimum absolute atomic E-state index is 0.0633. The fourth-order valence-corrected chi connectivity index (χ4v) is 4.73. The van der Waals surface area contributed by atoms with Gasteiger partial charge in [0.2, 0.25) is 16.0 Å². The molecule has 1 aliphatic rings. The summed E-state index contributed by atoms with van der Waals surface area (Å²) in [6.45, 7) is -0.199. The Kier molecular flexibility index (Phi) is 8.07. The number of nitrogens with one attached hydrogen (secondary N) is 2. The highest BCUT2D eigenvalue weighted by Gasteiger charge is 2.35. The van der Waals surface area contributed by atoms with Crippen LogP contribution in [0.2, 0.25) is 0 Å². The van der Waals surface area contributed by atoms with E-state index in [9.17, 15) is 31.5 Å². The molecule has 14 heteroatoms. The maximum Gasteiger partial charge on any atom is 0.421 e. The number of hydrogen-bond acceptors (Lipinski definition) is 9. The molecule has 0 spiro atoms. The van der Waals surface area contributed by atoms with E-state index in [-0.39, 0.29) is 30.0 Å². The lowest BCUT2D eigenvalue weighted by molar-refractivity contribution is -0.137. The molecule has 39 heavy (non-hydrogen) atoms. The first-order valence-corrected chi connectivity index (χ1v) is 13.8. The summed E-state index contributed by atoms with van der Waals surface area (Å²) in [5.74, 6) is -0.864. The van der Waals surface area contributed by atoms with E-state index in [1.807, 2.05) is 0 Å². The Hall–Kier alpha value is -3.78. The van der Waals surface area contributed by atoms with E-state index in [0.717, 1.165) is 10.6 Å². The smallest absolute Gasteiger partial charge is 0.393 e. The van der Waals surface area contributed by atoms with E-state index in [1.54, 1.807) is 30.3 Å². The second-order valence-electron chi connectivity index (χ2n) is 9.25. The standard InChI is InChI=1S/C25H27F3N6O4S/c1-34(39(2,37)38)23-17(4-3-11-29-23)13-30-22-20(25(26,27)28)14-31-24(33-22)32-18-8-5-15(6-9-18)21(36)16-7-10-19(35)12-16/h3-6,8-9,11,14,16,19,35H,7,10,12-13H2,1-2H3,(H2,30,31,32,33)/t16?,19-/m1/s1. The summed E-state index contributed by atoms with van der Waals surface area (Å²) < 4.78 is 65.9. The normalized spacial score (nSPS) is 17.6. The molecule has 3 aromatic rings. The largest absolute Gasteiger partial charge is 0.421 e. The Morgan fingerprint density at radius 1 is 1.15 bits per heavy atom. The predicted molar refractivity (Wildman–Crippen MR) is 139 cm³/mol. The van der Waals surface area contributed by atoms with Crippen molar-refractivity contribution in [3.8, 4) is 0 Å². The van der Waals surface area contributed by atoms with E-state index >= 15 is 0 Å². The van der Waals surface area contributed by atoms with Crippen LogP contribution in [-0.2, 0) is 22.7 Å². The van der Waals surface area contributed by atoms with Crippen molar-refractivity contribution in [1.82, 2.24) is 15.0 Å². The minimum atomic E-state index is -4.75. The van der Waals surface area contributed by atoms with Crippen LogP contribution in [0.3, 0.4) is 0 Å². The highest BCUT2D eigenvalue weighted by atomic mass is 32.2. The fourth-order valence-electron chi connectivity index (χ4n) is 4.25. The fraction of sp³-hybridized carbons (Fsp3) is 0.360. The van der Waals surface area contributed by atoms with Gasteiger partial charge < -0.3 is 15.7 Å². The number of sulfonamides is 1. The van der Waals surface area contributed by atoms with Gasteiger partial charge in [0.25, 0.3) is 0 Å². The molecule has 2 heterocycles. The van der Waals surface area contributed by atoms with Crippen molar-refractivity contribution < 1.29 is 31.5 Å². The van der Waals surface area contributed by atoms with Gasteiger partial charge in [-0.3, -0.25) is 9.10 Å². The molecule has 0 amide bonds. The number of pyridine rings is 1. The first-order chi connectivity index (χ1) is 18.3. The molecule has 4 rings (SSSR count). The van der Waals surface area contributed by atoms with Crippen molar-refractivity contribution in [2.24, 2.45) is 5.92 Å². The summed E-state index contributed by atoms with van der Waals surface area (Å²) >= 11 is 0. The lowest BCUT2D eigenvalue weighted by Gasteiger charge is -2.20. The van der Waals surface area contributed by atoms with Gasteiger partial charge in [0.1, 0.15) is 17.2 Å². The number of anilines is 4. The molecule has 2 atom stereocenters. The van der Waals surface area contributed by atoms with Gasteiger partial charge in [0, 0.05) is 48.7 Å². The molecule has 10 nitrogen and oxygen atoms in total. The zero-order valence-electron chi connectivity index (χ0n) is 21.1. The van der Waals surface area contributed by atoms with Crippen LogP contribution in [0.1, 0.15) is 40.7 Å². The van der Waals surface area contributed by atoms with Gasteiger partial charge in [0.15, 0.2) is 5.78 Å². The molecule has 1 aromatic carbocycles. The van der Waals surface area contributed by atoms with Gasteiger partial charge in [-0.25, -0.2) is 18.4 Å². The lowest BCUT2D eigenvalue weighted by Crippen LogP contribution is -2.27. The summed E-state index contributed by atoms with van der Waals surface area (Å²) in [5.41, 5.74) is 0.158. The van der Waals surface area contributed by atoms with Gasteiger partial charge >= 0.3 is 6.18 Å². The predicted octanol–water partition coefficient (Wildman–Crippen LogP) is 3.99. The molecule has 1 aliphatic carbocycles. The van der Waals surface area contributed by atoms with E-state index in [4.69, 9.17) is 0 Å². The number of alkyl halides is 3. The van der Waals surface area contributed by atoms with Crippen molar-refractivity contribution in [2.75, 3.05) is 28.2 Å². The first kappa shape index (κ1) is 28.2. The van der Waals surface area contributed by atoms with E-state index < -0.39 is 33.7 Å². The zero-order chi connectivity index (χ0) is 28.4. The van der Waals surface area contributed by atoms with Gasteiger partial charge in [-0.05, 0) is 49.6 Å². The minimum Gasteiger partial charge on any atom is -0.393 e. The van der Waals surface area contributed by atoms with Crippen molar-refractivity contribution in [2.45, 2.75) is 38.1 Å². The SMILES string of the molecule is CN(c1ncccc1CNc1nc(Nc2ccc(C(=O)C3CC[C@@H](O)C3)cc2)ncc1C(F)(F)F)S(C)(=O)=O. The number of halogens is 3. The molecule has 1 saturated carbocycles. The van der Waals surface area contributed by atoms with E-state index in [0.29, 0.717) is 42.3 Å². The van der Waals surface area contributed by atoms with Crippen LogP contribution in [0.4, 0.5) is 36.4 Å².